The van der Waals surface area contributed by atoms with E-state index in [4.69, 9.17) is 0 Å². The molecule has 0 radical (unpaired) electrons. The van der Waals surface area contributed by atoms with E-state index in [0.29, 0.717) is 5.56 Å². The van der Waals surface area contributed by atoms with Crippen molar-refractivity contribution >= 4 is 0 Å². The van der Waals surface area contributed by atoms with Crippen molar-refractivity contribution in [3.8, 4) is 11.4 Å². The van der Waals surface area contributed by atoms with E-state index in [1.165, 1.54) is 35.9 Å². The second-order valence-corrected chi connectivity index (χ2v) is 4.46. The SMILES string of the molecule is Cn1cc(C(F)(F)F)nc1-c1ccc(C(O)C(F)F)cc1. The van der Waals surface area contributed by atoms with Gasteiger partial charge in [0.25, 0.3) is 6.43 Å². The van der Waals surface area contributed by atoms with Crippen molar-refractivity contribution in [2.75, 3.05) is 0 Å². The molecule has 1 N–H and O–H groups in total. The largest absolute Gasteiger partial charge is 0.434 e. The normalized spacial score (nSPS) is 13.7. The average Bonchev–Trinajstić information content (AvgIpc) is 2.80. The van der Waals surface area contributed by atoms with Gasteiger partial charge in [-0.2, -0.15) is 13.2 Å². The first-order valence-corrected chi connectivity index (χ1v) is 5.87. The van der Waals surface area contributed by atoms with Gasteiger partial charge in [-0.25, -0.2) is 13.8 Å². The molecule has 0 bridgehead atoms. The minimum Gasteiger partial charge on any atom is -0.382 e. The number of imidazole rings is 1. The summed E-state index contributed by atoms with van der Waals surface area (Å²) in [5, 5.41) is 9.21. The van der Waals surface area contributed by atoms with Gasteiger partial charge in [0, 0.05) is 18.8 Å². The van der Waals surface area contributed by atoms with Crippen LogP contribution in [0.3, 0.4) is 0 Å². The zero-order chi connectivity index (χ0) is 15.8. The van der Waals surface area contributed by atoms with E-state index in [1.807, 2.05) is 0 Å². The Labute approximate surface area is 116 Å². The molecule has 0 fully saturated rings. The molecule has 0 amide bonds. The molecule has 0 saturated heterocycles. The first-order chi connectivity index (χ1) is 9.70. The highest BCUT2D eigenvalue weighted by Gasteiger charge is 2.34. The molecule has 1 unspecified atom stereocenters. The number of aliphatic hydroxyl groups is 1. The van der Waals surface area contributed by atoms with Crippen LogP contribution in [0.25, 0.3) is 11.4 Å². The predicted molar refractivity (Wildman–Crippen MR) is 64.6 cm³/mol. The Morgan fingerprint density at radius 1 is 1.14 bits per heavy atom. The molecule has 0 saturated carbocycles. The van der Waals surface area contributed by atoms with Crippen LogP contribution >= 0.6 is 0 Å². The number of nitrogens with zero attached hydrogens (tertiary/aromatic N) is 2. The zero-order valence-corrected chi connectivity index (χ0v) is 10.8. The highest BCUT2D eigenvalue weighted by Crippen LogP contribution is 2.31. The zero-order valence-electron chi connectivity index (χ0n) is 10.8. The second kappa shape index (κ2) is 5.44. The Morgan fingerprint density at radius 3 is 2.14 bits per heavy atom. The highest BCUT2D eigenvalue weighted by atomic mass is 19.4. The van der Waals surface area contributed by atoms with Crippen molar-refractivity contribution in [1.29, 1.82) is 0 Å². The topological polar surface area (TPSA) is 38.0 Å². The Hall–Kier alpha value is -1.96. The smallest absolute Gasteiger partial charge is 0.382 e. The number of aliphatic hydroxyl groups excluding tert-OH is 1. The molecule has 2 aromatic rings. The summed E-state index contributed by atoms with van der Waals surface area (Å²) in [6, 6.07) is 5.13. The molecule has 1 aromatic carbocycles. The Morgan fingerprint density at radius 2 is 1.71 bits per heavy atom. The van der Waals surface area contributed by atoms with E-state index in [1.54, 1.807) is 0 Å². The number of benzene rings is 1. The molecule has 0 aliphatic carbocycles. The standard InChI is InChI=1S/C13H11F5N2O/c1-20-6-9(13(16,17)18)19-12(20)8-4-2-7(3-5-8)10(21)11(14)15/h2-6,10-11,21H,1H3. The molecule has 1 aromatic heterocycles. The van der Waals surface area contributed by atoms with E-state index in [2.05, 4.69) is 4.98 Å². The van der Waals surface area contributed by atoms with E-state index in [0.717, 1.165) is 6.20 Å². The molecule has 114 valence electrons. The molecule has 0 spiro atoms. The van der Waals surface area contributed by atoms with Gasteiger partial charge in [-0.1, -0.05) is 24.3 Å². The summed E-state index contributed by atoms with van der Waals surface area (Å²) < 4.78 is 63.6. The Bertz CT molecular complexity index is 618. The lowest BCUT2D eigenvalue weighted by atomic mass is 10.1. The van der Waals surface area contributed by atoms with Crippen molar-refractivity contribution in [3.63, 3.8) is 0 Å². The summed E-state index contributed by atoms with van der Waals surface area (Å²) in [4.78, 5) is 3.49. The van der Waals surface area contributed by atoms with E-state index in [9.17, 15) is 27.1 Å². The van der Waals surface area contributed by atoms with Gasteiger partial charge in [-0.15, -0.1) is 0 Å². The molecule has 1 heterocycles. The number of hydrogen-bond donors (Lipinski definition) is 1. The maximum absolute atomic E-state index is 12.6. The Kier molecular flexibility index (Phi) is 3.99. The molecular formula is C13H11F5N2O. The van der Waals surface area contributed by atoms with Gasteiger partial charge in [-0.05, 0) is 5.56 Å². The quantitative estimate of drug-likeness (QED) is 0.883. The minimum absolute atomic E-state index is 0.0148. The first-order valence-electron chi connectivity index (χ1n) is 5.87. The number of alkyl halides is 5. The molecule has 2 rings (SSSR count). The van der Waals surface area contributed by atoms with Crippen LogP contribution in [0.1, 0.15) is 17.4 Å². The third kappa shape index (κ3) is 3.21. The van der Waals surface area contributed by atoms with Crippen LogP contribution in [-0.4, -0.2) is 21.1 Å². The van der Waals surface area contributed by atoms with Crippen molar-refractivity contribution in [2.45, 2.75) is 18.7 Å². The van der Waals surface area contributed by atoms with Crippen molar-refractivity contribution in [3.05, 3.63) is 41.7 Å². The number of halogens is 5. The number of hydrogen-bond acceptors (Lipinski definition) is 2. The fourth-order valence-corrected chi connectivity index (χ4v) is 1.85. The third-order valence-electron chi connectivity index (χ3n) is 2.92. The van der Waals surface area contributed by atoms with E-state index < -0.39 is 24.4 Å². The molecular weight excluding hydrogens is 295 g/mol. The molecule has 1 atom stereocenters. The minimum atomic E-state index is -4.55. The number of aryl methyl sites for hydroxylation is 1. The van der Waals surface area contributed by atoms with Gasteiger partial charge in [0.05, 0.1) is 0 Å². The molecule has 3 nitrogen and oxygen atoms in total. The predicted octanol–water partition coefficient (Wildman–Crippen LogP) is 3.40. The summed E-state index contributed by atoms with van der Waals surface area (Å²) in [5.41, 5.74) is -0.714. The van der Waals surface area contributed by atoms with Gasteiger partial charge in [-0.3, -0.25) is 0 Å². The lowest BCUT2D eigenvalue weighted by Gasteiger charge is -2.10. The maximum Gasteiger partial charge on any atom is 0.434 e. The van der Waals surface area contributed by atoms with Crippen LogP contribution in [0.2, 0.25) is 0 Å². The summed E-state index contributed by atoms with van der Waals surface area (Å²) in [6.07, 6.45) is -8.56. The fourth-order valence-electron chi connectivity index (χ4n) is 1.85. The van der Waals surface area contributed by atoms with Gasteiger partial charge in [0.2, 0.25) is 0 Å². The first kappa shape index (κ1) is 15.4. The van der Waals surface area contributed by atoms with Crippen LogP contribution < -0.4 is 0 Å². The molecule has 0 aliphatic heterocycles. The lowest BCUT2D eigenvalue weighted by molar-refractivity contribution is -0.140. The highest BCUT2D eigenvalue weighted by molar-refractivity contribution is 5.56. The summed E-state index contributed by atoms with van der Waals surface area (Å²) in [6.45, 7) is 0. The van der Waals surface area contributed by atoms with Crippen molar-refractivity contribution in [2.24, 2.45) is 7.05 Å². The Balaban J connectivity index is 2.33. The van der Waals surface area contributed by atoms with Crippen LogP contribution in [-0.2, 0) is 13.2 Å². The monoisotopic (exact) mass is 306 g/mol. The van der Waals surface area contributed by atoms with E-state index >= 15 is 0 Å². The number of aromatic nitrogens is 2. The molecule has 8 heteroatoms. The van der Waals surface area contributed by atoms with Crippen LogP contribution in [0, 0.1) is 0 Å². The molecule has 21 heavy (non-hydrogen) atoms. The number of rotatable bonds is 3. The third-order valence-corrected chi connectivity index (χ3v) is 2.92. The van der Waals surface area contributed by atoms with Crippen molar-refractivity contribution < 1.29 is 27.1 Å². The fraction of sp³-hybridized carbons (Fsp3) is 0.308. The summed E-state index contributed by atoms with van der Waals surface area (Å²) >= 11 is 0. The summed E-state index contributed by atoms with van der Waals surface area (Å²) in [7, 11) is 1.40. The van der Waals surface area contributed by atoms with Crippen LogP contribution in [0.15, 0.2) is 30.5 Å². The van der Waals surface area contributed by atoms with Gasteiger partial charge in [0.1, 0.15) is 11.9 Å². The van der Waals surface area contributed by atoms with Gasteiger partial charge >= 0.3 is 6.18 Å². The van der Waals surface area contributed by atoms with E-state index in [-0.39, 0.29) is 11.4 Å². The maximum atomic E-state index is 12.6. The van der Waals surface area contributed by atoms with Crippen molar-refractivity contribution in [1.82, 2.24) is 9.55 Å². The van der Waals surface area contributed by atoms with Crippen LogP contribution in [0.5, 0.6) is 0 Å². The van der Waals surface area contributed by atoms with Gasteiger partial charge < -0.3 is 9.67 Å². The second-order valence-electron chi connectivity index (χ2n) is 4.46. The summed E-state index contributed by atoms with van der Waals surface area (Å²) in [5.74, 6) is 0.0559. The molecule has 0 aliphatic rings. The van der Waals surface area contributed by atoms with Crippen LogP contribution in [0.4, 0.5) is 22.0 Å². The lowest BCUT2D eigenvalue weighted by Crippen LogP contribution is -2.07. The average molecular weight is 306 g/mol. The van der Waals surface area contributed by atoms with Gasteiger partial charge in [0.15, 0.2) is 5.69 Å².